The van der Waals surface area contributed by atoms with E-state index in [1.54, 1.807) is 0 Å². The smallest absolute Gasteiger partial charge is 0.100 e. The highest BCUT2D eigenvalue weighted by molar-refractivity contribution is 6.15. The second kappa shape index (κ2) is 13.9. The predicted molar refractivity (Wildman–Crippen MR) is 264 cm³/mol. The van der Waals surface area contributed by atoms with E-state index in [1.807, 2.05) is 0 Å². The predicted octanol–water partition coefficient (Wildman–Crippen LogP) is 13.7. The Hall–Kier alpha value is -7.14. The molecule has 63 heavy (non-hydrogen) atoms. The minimum absolute atomic E-state index is 0.0318. The molecule has 5 aliphatic rings. The molecule has 4 heteroatoms. The van der Waals surface area contributed by atoms with Gasteiger partial charge in [-0.25, -0.2) is 0 Å². The lowest BCUT2D eigenvalue weighted by Gasteiger charge is -2.37. The first-order chi connectivity index (χ1) is 31.0. The van der Waals surface area contributed by atoms with E-state index in [0.29, 0.717) is 0 Å². The molecule has 1 aliphatic heterocycles. The molecule has 4 aliphatic carbocycles. The van der Waals surface area contributed by atoms with Gasteiger partial charge in [0.1, 0.15) is 6.17 Å². The standard InChI is InChI=1S/C59H48N4/c1-59(2)50-22-12-9-19-43(50)45-31-32-46-49-36-40(39-27-33-53-48(35-39)44-20-11-14-24-52(44)62(53)41-17-7-4-8-18-41)28-34-54(49)63(57(46)55(45)59)42-29-25-38(26-30-42)58-60-51-23-13-10-21-47(51)56(61-58)37-15-5-3-6-16-37/h3-13,15-23,25,27-29,31-36,51,58,60-61H,14,24,26,30H2,1-2H3. The van der Waals surface area contributed by atoms with Crippen LogP contribution in [0.5, 0.6) is 0 Å². The van der Waals surface area contributed by atoms with Gasteiger partial charge < -0.3 is 14.5 Å². The number of benzene rings is 6. The summed E-state index contributed by atoms with van der Waals surface area (Å²) in [4.78, 5) is 0. The Bertz CT molecular complexity index is 3410. The number of rotatable bonds is 5. The third-order valence-corrected chi connectivity index (χ3v) is 14.6. The third-order valence-electron chi connectivity index (χ3n) is 14.6. The van der Waals surface area contributed by atoms with Gasteiger partial charge in [0.05, 0.1) is 22.6 Å². The van der Waals surface area contributed by atoms with E-state index < -0.39 is 0 Å². The second-order valence-electron chi connectivity index (χ2n) is 18.4. The lowest BCUT2D eigenvalue weighted by molar-refractivity contribution is 0.481. The fourth-order valence-electron chi connectivity index (χ4n) is 11.6. The molecule has 0 saturated heterocycles. The minimum atomic E-state index is -0.157. The average molecular weight is 813 g/mol. The molecule has 2 unspecified atom stereocenters. The Morgan fingerprint density at radius 3 is 2.19 bits per heavy atom. The van der Waals surface area contributed by atoms with Crippen molar-refractivity contribution in [1.29, 1.82) is 0 Å². The van der Waals surface area contributed by atoms with Crippen LogP contribution >= 0.6 is 0 Å². The van der Waals surface area contributed by atoms with Gasteiger partial charge in [-0.3, -0.25) is 5.32 Å². The molecule has 0 saturated carbocycles. The van der Waals surface area contributed by atoms with E-state index in [2.05, 4.69) is 216 Å². The van der Waals surface area contributed by atoms with Crippen molar-refractivity contribution in [1.82, 2.24) is 19.8 Å². The molecule has 2 aromatic heterocycles. The van der Waals surface area contributed by atoms with Gasteiger partial charge in [0, 0.05) is 49.9 Å². The summed E-state index contributed by atoms with van der Waals surface area (Å²) < 4.78 is 5.11. The number of allylic oxidation sites excluding steroid dienone is 6. The summed E-state index contributed by atoms with van der Waals surface area (Å²) >= 11 is 0. The largest absolute Gasteiger partial charge is 0.365 e. The third kappa shape index (κ3) is 5.51. The first-order valence-electron chi connectivity index (χ1n) is 22.7. The normalized spacial score (nSPS) is 19.5. The average Bonchev–Trinajstić information content (AvgIpc) is 3.94. The van der Waals surface area contributed by atoms with Crippen molar-refractivity contribution in [3.63, 3.8) is 0 Å². The van der Waals surface area contributed by atoms with Crippen molar-refractivity contribution in [3.05, 3.63) is 215 Å². The fraction of sp³-hybridized carbons (Fsp3) is 0.153. The van der Waals surface area contributed by atoms with E-state index in [4.69, 9.17) is 0 Å². The van der Waals surface area contributed by atoms with Crippen molar-refractivity contribution in [2.75, 3.05) is 0 Å². The van der Waals surface area contributed by atoms with Crippen molar-refractivity contribution in [3.8, 4) is 27.9 Å². The lowest BCUT2D eigenvalue weighted by atomic mass is 9.81. The molecule has 0 spiro atoms. The van der Waals surface area contributed by atoms with Gasteiger partial charge in [0.2, 0.25) is 0 Å². The first-order valence-corrected chi connectivity index (χ1v) is 22.7. The van der Waals surface area contributed by atoms with Crippen LogP contribution in [0.25, 0.3) is 78.1 Å². The highest BCUT2D eigenvalue weighted by atomic mass is 15.2. The Kier molecular flexibility index (Phi) is 8.08. The Labute approximate surface area is 368 Å². The van der Waals surface area contributed by atoms with Crippen LogP contribution in [0.3, 0.4) is 0 Å². The number of para-hydroxylation sites is 1. The van der Waals surface area contributed by atoms with Crippen LogP contribution in [0.1, 0.15) is 61.1 Å². The van der Waals surface area contributed by atoms with Crippen molar-refractivity contribution >= 4 is 50.2 Å². The SMILES string of the molecule is CC1(C)c2ccccc2-c2ccc3c4cc(-c5ccc6c(c5)c5c(n6-c6ccccc6)CCC=C5)ccc4n(C4=CC=C(C5NC(c6ccccc6)=C6C=CC=CC6N5)CC4)c3c21. The zero-order chi connectivity index (χ0) is 41.8. The summed E-state index contributed by atoms with van der Waals surface area (Å²) in [5, 5.41) is 11.8. The molecule has 4 nitrogen and oxygen atoms in total. The summed E-state index contributed by atoms with van der Waals surface area (Å²) in [7, 11) is 0. The Balaban J connectivity index is 0.961. The molecule has 2 N–H and O–H groups in total. The molecule has 304 valence electrons. The van der Waals surface area contributed by atoms with Gasteiger partial charge in [-0.2, -0.15) is 0 Å². The van der Waals surface area contributed by atoms with Crippen LogP contribution in [-0.4, -0.2) is 21.3 Å². The highest BCUT2D eigenvalue weighted by Crippen LogP contribution is 2.53. The molecule has 0 bridgehead atoms. The van der Waals surface area contributed by atoms with E-state index in [-0.39, 0.29) is 17.6 Å². The van der Waals surface area contributed by atoms with Gasteiger partial charge >= 0.3 is 0 Å². The first kappa shape index (κ1) is 36.5. The van der Waals surface area contributed by atoms with Crippen LogP contribution < -0.4 is 10.6 Å². The Morgan fingerprint density at radius 2 is 1.38 bits per heavy atom. The minimum Gasteiger partial charge on any atom is -0.365 e. The maximum atomic E-state index is 3.94. The quantitative estimate of drug-likeness (QED) is 0.182. The van der Waals surface area contributed by atoms with Gasteiger partial charge in [0.25, 0.3) is 0 Å². The fourth-order valence-corrected chi connectivity index (χ4v) is 11.6. The monoisotopic (exact) mass is 812 g/mol. The van der Waals surface area contributed by atoms with Crippen molar-refractivity contribution in [2.45, 2.75) is 57.2 Å². The molecule has 0 fully saturated rings. The van der Waals surface area contributed by atoms with Crippen LogP contribution in [0.2, 0.25) is 0 Å². The molecule has 0 amide bonds. The van der Waals surface area contributed by atoms with Gasteiger partial charge in [-0.1, -0.05) is 153 Å². The molecule has 13 rings (SSSR count). The molecule has 8 aromatic rings. The maximum Gasteiger partial charge on any atom is 0.100 e. The zero-order valence-corrected chi connectivity index (χ0v) is 35.7. The summed E-state index contributed by atoms with van der Waals surface area (Å²) in [5.41, 5.74) is 22.2. The second-order valence-corrected chi connectivity index (χ2v) is 18.4. The van der Waals surface area contributed by atoms with Crippen LogP contribution in [-0.2, 0) is 11.8 Å². The molecular weight excluding hydrogens is 765 g/mol. The molecule has 2 atom stereocenters. The zero-order valence-electron chi connectivity index (χ0n) is 35.7. The Morgan fingerprint density at radius 1 is 0.619 bits per heavy atom. The number of hydrogen-bond acceptors (Lipinski definition) is 2. The molecule has 3 heterocycles. The van der Waals surface area contributed by atoms with Crippen LogP contribution in [0, 0.1) is 0 Å². The molecule has 0 radical (unpaired) electrons. The molecular formula is C59H48N4. The van der Waals surface area contributed by atoms with Crippen LogP contribution in [0.4, 0.5) is 0 Å². The van der Waals surface area contributed by atoms with Crippen molar-refractivity contribution in [2.24, 2.45) is 0 Å². The number of fused-ring (bicyclic) bond motifs is 11. The summed E-state index contributed by atoms with van der Waals surface area (Å²) in [6.45, 7) is 4.84. The number of aromatic nitrogens is 2. The van der Waals surface area contributed by atoms with Gasteiger partial charge in [-0.05, 0) is 118 Å². The molecule has 6 aromatic carbocycles. The summed E-state index contributed by atoms with van der Waals surface area (Å²) in [6.07, 6.45) is 22.4. The summed E-state index contributed by atoms with van der Waals surface area (Å²) in [6, 6.07) is 50.0. The van der Waals surface area contributed by atoms with E-state index in [1.165, 1.54) is 111 Å². The van der Waals surface area contributed by atoms with Crippen molar-refractivity contribution < 1.29 is 0 Å². The summed E-state index contributed by atoms with van der Waals surface area (Å²) in [5.74, 6) is 0. The topological polar surface area (TPSA) is 33.9 Å². The highest BCUT2D eigenvalue weighted by Gasteiger charge is 2.39. The van der Waals surface area contributed by atoms with Gasteiger partial charge in [0.15, 0.2) is 0 Å². The van der Waals surface area contributed by atoms with Crippen LogP contribution in [0.15, 0.2) is 187 Å². The maximum absolute atomic E-state index is 3.94. The lowest BCUT2D eigenvalue weighted by Crippen LogP contribution is -2.52. The van der Waals surface area contributed by atoms with Gasteiger partial charge in [-0.15, -0.1) is 0 Å². The van der Waals surface area contributed by atoms with E-state index in [0.717, 1.165) is 25.7 Å². The van der Waals surface area contributed by atoms with E-state index in [9.17, 15) is 0 Å². The number of nitrogens with one attached hydrogen (secondary N) is 2. The number of nitrogens with zero attached hydrogens (tertiary/aromatic N) is 2. The van der Waals surface area contributed by atoms with E-state index >= 15 is 0 Å². The number of hydrogen-bond donors (Lipinski definition) is 2.